The second-order valence-corrected chi connectivity index (χ2v) is 5.70. The van der Waals surface area contributed by atoms with Crippen LogP contribution in [0.1, 0.15) is 33.2 Å². The van der Waals surface area contributed by atoms with Crippen molar-refractivity contribution in [1.82, 2.24) is 4.98 Å². The summed E-state index contributed by atoms with van der Waals surface area (Å²) in [4.78, 5) is 28.0. The number of hydrogen-bond acceptors (Lipinski definition) is 5. The zero-order valence-corrected chi connectivity index (χ0v) is 14.4. The zero-order chi connectivity index (χ0) is 18.5. The lowest BCUT2D eigenvalue weighted by atomic mass is 10.1. The Morgan fingerprint density at radius 1 is 1.15 bits per heavy atom. The number of pyridine rings is 1. The average Bonchev–Trinajstić information content (AvgIpc) is 2.66. The van der Waals surface area contributed by atoms with Crippen LogP contribution in [0.2, 0.25) is 0 Å². The van der Waals surface area contributed by atoms with Gasteiger partial charge in [-0.3, -0.25) is 9.78 Å². The molecule has 1 aromatic heterocycles. The Morgan fingerprint density at radius 3 is 2.73 bits per heavy atom. The van der Waals surface area contributed by atoms with Crippen LogP contribution in [0.3, 0.4) is 0 Å². The third kappa shape index (κ3) is 3.64. The molecule has 0 spiro atoms. The van der Waals surface area contributed by atoms with Gasteiger partial charge in [0.05, 0.1) is 17.8 Å². The third-order valence-corrected chi connectivity index (χ3v) is 3.95. The quantitative estimate of drug-likeness (QED) is 0.667. The number of para-hydroxylation sites is 1. The molecule has 2 aromatic carbocycles. The van der Waals surface area contributed by atoms with Crippen molar-refractivity contribution in [2.24, 2.45) is 5.73 Å². The van der Waals surface area contributed by atoms with Gasteiger partial charge in [-0.05, 0) is 30.7 Å². The van der Waals surface area contributed by atoms with Crippen LogP contribution in [0.5, 0.6) is 0 Å². The largest absolute Gasteiger partial charge is 0.462 e. The monoisotopic (exact) mass is 349 g/mol. The lowest BCUT2D eigenvalue weighted by Crippen LogP contribution is -2.13. The number of fused-ring (bicyclic) bond motifs is 1. The number of benzene rings is 2. The van der Waals surface area contributed by atoms with Gasteiger partial charge in [0.15, 0.2) is 0 Å². The van der Waals surface area contributed by atoms with Crippen LogP contribution in [-0.4, -0.2) is 23.5 Å². The standard InChI is InChI=1S/C20H19N3O3/c1-2-26-20(25)16-12-22-17-9-4-3-8-15(17)18(16)23-11-13-6-5-7-14(10-13)19(21)24/h3-10,12H,2,11H2,1H3,(H2,21,24)(H,22,23). The Bertz CT molecular complexity index is 969. The van der Waals surface area contributed by atoms with Gasteiger partial charge in [-0.15, -0.1) is 0 Å². The fourth-order valence-electron chi connectivity index (χ4n) is 2.72. The normalized spacial score (nSPS) is 10.5. The summed E-state index contributed by atoms with van der Waals surface area (Å²) >= 11 is 0. The molecule has 0 saturated carbocycles. The molecule has 0 unspecified atom stereocenters. The molecule has 0 aliphatic heterocycles. The molecule has 0 aliphatic rings. The molecule has 0 radical (unpaired) electrons. The summed E-state index contributed by atoms with van der Waals surface area (Å²) in [7, 11) is 0. The lowest BCUT2D eigenvalue weighted by Gasteiger charge is -2.14. The Morgan fingerprint density at radius 2 is 1.96 bits per heavy atom. The van der Waals surface area contributed by atoms with E-state index in [0.717, 1.165) is 16.5 Å². The zero-order valence-electron chi connectivity index (χ0n) is 14.4. The van der Waals surface area contributed by atoms with E-state index >= 15 is 0 Å². The average molecular weight is 349 g/mol. The van der Waals surface area contributed by atoms with Crippen LogP contribution in [0.4, 0.5) is 5.69 Å². The Kier molecular flexibility index (Phi) is 5.12. The first-order valence-corrected chi connectivity index (χ1v) is 8.27. The van der Waals surface area contributed by atoms with E-state index < -0.39 is 11.9 Å². The number of anilines is 1. The molecule has 1 amide bonds. The highest BCUT2D eigenvalue weighted by Gasteiger charge is 2.16. The van der Waals surface area contributed by atoms with Gasteiger partial charge < -0.3 is 15.8 Å². The Labute approximate surface area is 151 Å². The number of primary amides is 1. The number of esters is 1. The minimum atomic E-state index is -0.478. The molecular weight excluding hydrogens is 330 g/mol. The molecule has 0 atom stereocenters. The van der Waals surface area contributed by atoms with E-state index in [1.54, 1.807) is 25.1 Å². The minimum absolute atomic E-state index is 0.283. The molecule has 3 aromatic rings. The third-order valence-electron chi connectivity index (χ3n) is 3.95. The molecule has 0 bridgehead atoms. The van der Waals surface area contributed by atoms with Gasteiger partial charge in [-0.1, -0.05) is 30.3 Å². The maximum atomic E-state index is 12.3. The summed E-state index contributed by atoms with van der Waals surface area (Å²) in [6, 6.07) is 14.6. The van der Waals surface area contributed by atoms with Crippen LogP contribution >= 0.6 is 0 Å². The molecule has 0 fully saturated rings. The van der Waals surface area contributed by atoms with Gasteiger partial charge in [0.25, 0.3) is 0 Å². The van der Waals surface area contributed by atoms with Crippen LogP contribution in [0.25, 0.3) is 10.9 Å². The van der Waals surface area contributed by atoms with E-state index in [-0.39, 0.29) is 6.61 Å². The fraction of sp³-hybridized carbons (Fsp3) is 0.150. The summed E-state index contributed by atoms with van der Waals surface area (Å²) in [6.45, 7) is 2.46. The van der Waals surface area contributed by atoms with Gasteiger partial charge in [0, 0.05) is 23.7 Å². The molecular formula is C20H19N3O3. The predicted octanol–water partition coefficient (Wildman–Crippen LogP) is 3.12. The summed E-state index contributed by atoms with van der Waals surface area (Å²) in [5, 5.41) is 4.11. The molecule has 0 saturated heterocycles. The van der Waals surface area contributed by atoms with E-state index in [4.69, 9.17) is 10.5 Å². The fourth-order valence-corrected chi connectivity index (χ4v) is 2.72. The molecule has 3 N–H and O–H groups in total. The van der Waals surface area contributed by atoms with Crippen LogP contribution in [-0.2, 0) is 11.3 Å². The van der Waals surface area contributed by atoms with Crippen molar-refractivity contribution in [2.75, 3.05) is 11.9 Å². The maximum Gasteiger partial charge on any atom is 0.341 e. The van der Waals surface area contributed by atoms with E-state index in [1.807, 2.05) is 30.3 Å². The molecule has 6 heteroatoms. The number of carbonyl (C=O) groups excluding carboxylic acids is 2. The molecule has 26 heavy (non-hydrogen) atoms. The van der Waals surface area contributed by atoms with Crippen molar-refractivity contribution in [3.05, 3.63) is 71.4 Å². The number of amides is 1. The van der Waals surface area contributed by atoms with E-state index in [9.17, 15) is 9.59 Å². The smallest absolute Gasteiger partial charge is 0.341 e. The Hall–Kier alpha value is -3.41. The highest BCUT2D eigenvalue weighted by atomic mass is 16.5. The molecule has 0 aliphatic carbocycles. The molecule has 3 rings (SSSR count). The first-order chi connectivity index (χ1) is 12.6. The van der Waals surface area contributed by atoms with Crippen molar-refractivity contribution >= 4 is 28.5 Å². The van der Waals surface area contributed by atoms with Gasteiger partial charge in [-0.2, -0.15) is 0 Å². The summed E-state index contributed by atoms with van der Waals surface area (Å²) < 4.78 is 5.14. The highest BCUT2D eigenvalue weighted by molar-refractivity contribution is 6.04. The Balaban J connectivity index is 1.97. The van der Waals surface area contributed by atoms with Crippen molar-refractivity contribution in [2.45, 2.75) is 13.5 Å². The minimum Gasteiger partial charge on any atom is -0.462 e. The SMILES string of the molecule is CCOC(=O)c1cnc2ccccc2c1NCc1cccc(C(N)=O)c1. The van der Waals surface area contributed by atoms with Crippen LogP contribution < -0.4 is 11.1 Å². The van der Waals surface area contributed by atoms with E-state index in [2.05, 4.69) is 10.3 Å². The first-order valence-electron chi connectivity index (χ1n) is 8.27. The van der Waals surface area contributed by atoms with Gasteiger partial charge in [0.2, 0.25) is 5.91 Å². The van der Waals surface area contributed by atoms with Crippen molar-refractivity contribution in [3.63, 3.8) is 0 Å². The summed E-state index contributed by atoms with van der Waals surface area (Å²) in [6.07, 6.45) is 1.52. The summed E-state index contributed by atoms with van der Waals surface area (Å²) in [5.74, 6) is -0.910. The van der Waals surface area contributed by atoms with Gasteiger partial charge in [-0.25, -0.2) is 4.79 Å². The summed E-state index contributed by atoms with van der Waals surface area (Å²) in [5.41, 5.74) is 8.44. The number of nitrogens with one attached hydrogen (secondary N) is 1. The predicted molar refractivity (Wildman–Crippen MR) is 100.0 cm³/mol. The molecule has 6 nitrogen and oxygen atoms in total. The maximum absolute atomic E-state index is 12.3. The van der Waals surface area contributed by atoms with Gasteiger partial charge >= 0.3 is 5.97 Å². The highest BCUT2D eigenvalue weighted by Crippen LogP contribution is 2.27. The topological polar surface area (TPSA) is 94.3 Å². The number of nitrogens with zero attached hydrogens (tertiary/aromatic N) is 1. The van der Waals surface area contributed by atoms with Crippen LogP contribution in [0, 0.1) is 0 Å². The first kappa shape index (κ1) is 17.4. The number of nitrogens with two attached hydrogens (primary N) is 1. The van der Waals surface area contributed by atoms with Crippen molar-refractivity contribution < 1.29 is 14.3 Å². The number of rotatable bonds is 6. The van der Waals surface area contributed by atoms with Crippen molar-refractivity contribution in [1.29, 1.82) is 0 Å². The van der Waals surface area contributed by atoms with Crippen molar-refractivity contribution in [3.8, 4) is 0 Å². The lowest BCUT2D eigenvalue weighted by molar-refractivity contribution is 0.0527. The molecule has 132 valence electrons. The van der Waals surface area contributed by atoms with Crippen LogP contribution in [0.15, 0.2) is 54.7 Å². The number of carbonyl (C=O) groups is 2. The number of ether oxygens (including phenoxy) is 1. The molecule has 1 heterocycles. The van der Waals surface area contributed by atoms with Gasteiger partial charge in [0.1, 0.15) is 5.56 Å². The van der Waals surface area contributed by atoms with E-state index in [1.165, 1.54) is 6.20 Å². The second kappa shape index (κ2) is 7.65. The number of hydrogen-bond donors (Lipinski definition) is 2. The van der Waals surface area contributed by atoms with E-state index in [0.29, 0.717) is 23.4 Å². The second-order valence-electron chi connectivity index (χ2n) is 5.70. The number of aromatic nitrogens is 1.